The summed E-state index contributed by atoms with van der Waals surface area (Å²) in [5.74, 6) is -0.478. The number of esters is 1. The molecule has 0 atom stereocenters. The Bertz CT molecular complexity index is 1540. The number of aromatic nitrogens is 1. The van der Waals surface area contributed by atoms with E-state index in [0.29, 0.717) is 49.1 Å². The van der Waals surface area contributed by atoms with Gasteiger partial charge in [-0.15, -0.1) is 0 Å². The van der Waals surface area contributed by atoms with Crippen molar-refractivity contribution in [3.63, 3.8) is 0 Å². The van der Waals surface area contributed by atoms with Gasteiger partial charge < -0.3 is 29.2 Å². The van der Waals surface area contributed by atoms with Crippen LogP contribution >= 0.6 is 0 Å². The monoisotopic (exact) mass is 590 g/mol. The molecular formula is C37H38N2O5. The zero-order valence-corrected chi connectivity index (χ0v) is 24.9. The summed E-state index contributed by atoms with van der Waals surface area (Å²) in [6.45, 7) is 3.64. The average Bonchev–Trinajstić information content (AvgIpc) is 3.37. The number of carbonyl (C=O) groups excluding carboxylic acids is 1. The van der Waals surface area contributed by atoms with E-state index in [2.05, 4.69) is 0 Å². The normalized spacial score (nSPS) is 11.1. The number of hydrogen-bond donors (Lipinski definition) is 1. The van der Waals surface area contributed by atoms with Gasteiger partial charge in [0.2, 0.25) is 0 Å². The second-order valence-electron chi connectivity index (χ2n) is 10.3. The van der Waals surface area contributed by atoms with Gasteiger partial charge in [-0.2, -0.15) is 0 Å². The first-order valence-electron chi connectivity index (χ1n) is 14.8. The van der Waals surface area contributed by atoms with Crippen molar-refractivity contribution in [1.29, 1.82) is 0 Å². The van der Waals surface area contributed by atoms with Crippen LogP contribution in [-0.2, 0) is 38.9 Å². The Hall–Kier alpha value is -4.69. The van der Waals surface area contributed by atoms with E-state index in [9.17, 15) is 4.79 Å². The first-order chi connectivity index (χ1) is 21.7. The van der Waals surface area contributed by atoms with Gasteiger partial charge in [0.15, 0.2) is 0 Å². The van der Waals surface area contributed by atoms with E-state index < -0.39 is 12.1 Å². The standard InChI is InChI=1S/C37H38N2O5/c1-2-43-37(40)33-34(38)36(31-21-13-6-14-22-31)39(35(33)30-19-11-5-12-20-30)27-44-32(25-41-23-28-15-7-3-8-16-28)26-42-24-29-17-9-4-10-18-29/h3-22,32H,2,23-27,38H2,1H3. The van der Waals surface area contributed by atoms with E-state index in [1.165, 1.54) is 0 Å². The second-order valence-corrected chi connectivity index (χ2v) is 10.3. The molecule has 0 fully saturated rings. The van der Waals surface area contributed by atoms with Crippen LogP contribution in [0, 0.1) is 0 Å². The summed E-state index contributed by atoms with van der Waals surface area (Å²) in [5.41, 5.74) is 12.6. The maximum absolute atomic E-state index is 13.4. The maximum Gasteiger partial charge on any atom is 0.342 e. The van der Waals surface area contributed by atoms with Crippen molar-refractivity contribution in [3.8, 4) is 22.5 Å². The third-order valence-corrected chi connectivity index (χ3v) is 7.15. The lowest BCUT2D eigenvalue weighted by molar-refractivity contribution is -0.0866. The second kappa shape index (κ2) is 15.7. The lowest BCUT2D eigenvalue weighted by atomic mass is 10.1. The largest absolute Gasteiger partial charge is 0.462 e. The van der Waals surface area contributed by atoms with Gasteiger partial charge in [0.05, 0.1) is 50.1 Å². The molecule has 44 heavy (non-hydrogen) atoms. The van der Waals surface area contributed by atoms with Crippen LogP contribution in [-0.4, -0.2) is 36.5 Å². The number of carbonyl (C=O) groups is 1. The zero-order valence-electron chi connectivity index (χ0n) is 24.9. The molecule has 0 radical (unpaired) electrons. The van der Waals surface area contributed by atoms with Crippen molar-refractivity contribution < 1.29 is 23.7 Å². The van der Waals surface area contributed by atoms with Crippen molar-refractivity contribution in [2.75, 3.05) is 25.6 Å². The van der Waals surface area contributed by atoms with Crippen LogP contribution in [0.25, 0.3) is 22.5 Å². The molecule has 0 amide bonds. The van der Waals surface area contributed by atoms with Gasteiger partial charge in [-0.3, -0.25) is 0 Å². The van der Waals surface area contributed by atoms with E-state index >= 15 is 0 Å². The molecule has 4 aromatic carbocycles. The quantitative estimate of drug-likeness (QED) is 0.128. The van der Waals surface area contributed by atoms with E-state index in [-0.39, 0.29) is 13.3 Å². The van der Waals surface area contributed by atoms with Gasteiger partial charge in [0, 0.05) is 5.56 Å². The molecule has 1 heterocycles. The highest BCUT2D eigenvalue weighted by atomic mass is 16.6. The Balaban J connectivity index is 1.46. The third kappa shape index (κ3) is 7.82. The van der Waals surface area contributed by atoms with Crippen LogP contribution in [0.2, 0.25) is 0 Å². The fourth-order valence-corrected chi connectivity index (χ4v) is 5.07. The van der Waals surface area contributed by atoms with Crippen molar-refractivity contribution in [1.82, 2.24) is 4.57 Å². The summed E-state index contributed by atoms with van der Waals surface area (Å²) in [5, 5.41) is 0. The first-order valence-corrected chi connectivity index (χ1v) is 14.8. The molecule has 1 aromatic heterocycles. The molecule has 7 heteroatoms. The number of nitrogens with zero attached hydrogens (tertiary/aromatic N) is 1. The number of benzene rings is 4. The van der Waals surface area contributed by atoms with Gasteiger partial charge in [-0.25, -0.2) is 4.79 Å². The third-order valence-electron chi connectivity index (χ3n) is 7.15. The highest BCUT2D eigenvalue weighted by molar-refractivity contribution is 6.06. The van der Waals surface area contributed by atoms with Crippen LogP contribution in [0.15, 0.2) is 121 Å². The fourth-order valence-electron chi connectivity index (χ4n) is 5.07. The van der Waals surface area contributed by atoms with Gasteiger partial charge in [-0.1, -0.05) is 121 Å². The van der Waals surface area contributed by atoms with E-state index in [0.717, 1.165) is 22.3 Å². The summed E-state index contributed by atoms with van der Waals surface area (Å²) >= 11 is 0. The van der Waals surface area contributed by atoms with Crippen molar-refractivity contribution >= 4 is 11.7 Å². The molecule has 0 aliphatic carbocycles. The summed E-state index contributed by atoms with van der Waals surface area (Å²) < 4.78 is 26.1. The number of nitrogens with two attached hydrogens (primary N) is 1. The van der Waals surface area contributed by atoms with E-state index in [1.54, 1.807) is 6.92 Å². The number of hydrogen-bond acceptors (Lipinski definition) is 6. The summed E-state index contributed by atoms with van der Waals surface area (Å²) in [6, 6.07) is 39.5. The number of anilines is 1. The van der Waals surface area contributed by atoms with Gasteiger partial charge in [-0.05, 0) is 23.6 Å². The predicted octanol–water partition coefficient (Wildman–Crippen LogP) is 7.36. The molecule has 0 saturated heterocycles. The SMILES string of the molecule is CCOC(=O)c1c(N)c(-c2ccccc2)n(COC(COCc2ccccc2)COCc2ccccc2)c1-c1ccccc1. The zero-order chi connectivity index (χ0) is 30.6. The first kappa shape index (κ1) is 30.8. The van der Waals surface area contributed by atoms with E-state index in [4.69, 9.17) is 24.7 Å². The minimum Gasteiger partial charge on any atom is -0.462 e. The molecule has 0 unspecified atom stereocenters. The fraction of sp³-hybridized carbons (Fsp3) is 0.216. The predicted molar refractivity (Wildman–Crippen MR) is 173 cm³/mol. The molecule has 7 nitrogen and oxygen atoms in total. The van der Waals surface area contributed by atoms with E-state index in [1.807, 2.05) is 126 Å². The molecule has 0 aliphatic heterocycles. The topological polar surface area (TPSA) is 84.9 Å². The molecule has 0 aliphatic rings. The molecular weight excluding hydrogens is 552 g/mol. The highest BCUT2D eigenvalue weighted by Crippen LogP contribution is 2.40. The molecule has 226 valence electrons. The Labute approximate surface area is 258 Å². The van der Waals surface area contributed by atoms with Gasteiger partial charge in [0.1, 0.15) is 18.4 Å². The molecule has 5 aromatic rings. The number of ether oxygens (including phenoxy) is 4. The average molecular weight is 591 g/mol. The van der Waals surface area contributed by atoms with Crippen molar-refractivity contribution in [2.45, 2.75) is 33.0 Å². The minimum absolute atomic E-state index is 0.103. The summed E-state index contributed by atoms with van der Waals surface area (Å²) in [6.07, 6.45) is -0.399. The smallest absolute Gasteiger partial charge is 0.342 e. The van der Waals surface area contributed by atoms with Crippen molar-refractivity contribution in [2.24, 2.45) is 0 Å². The molecule has 2 N–H and O–H groups in total. The Kier molecular flexibility index (Phi) is 11.0. The van der Waals surface area contributed by atoms with Crippen LogP contribution in [0.4, 0.5) is 5.69 Å². The Morgan fingerprint density at radius 2 is 1.14 bits per heavy atom. The molecule has 0 bridgehead atoms. The lowest BCUT2D eigenvalue weighted by Crippen LogP contribution is -2.27. The van der Waals surface area contributed by atoms with Crippen LogP contribution in [0.3, 0.4) is 0 Å². The highest BCUT2D eigenvalue weighted by Gasteiger charge is 2.29. The summed E-state index contributed by atoms with van der Waals surface area (Å²) in [4.78, 5) is 13.4. The maximum atomic E-state index is 13.4. The lowest BCUT2D eigenvalue weighted by Gasteiger charge is -2.21. The van der Waals surface area contributed by atoms with Gasteiger partial charge >= 0.3 is 5.97 Å². The van der Waals surface area contributed by atoms with Crippen LogP contribution in [0.5, 0.6) is 0 Å². The summed E-state index contributed by atoms with van der Waals surface area (Å²) in [7, 11) is 0. The van der Waals surface area contributed by atoms with Crippen LogP contribution in [0.1, 0.15) is 28.4 Å². The van der Waals surface area contributed by atoms with Crippen molar-refractivity contribution in [3.05, 3.63) is 138 Å². The van der Waals surface area contributed by atoms with Crippen LogP contribution < -0.4 is 5.73 Å². The molecule has 5 rings (SSSR count). The Morgan fingerprint density at radius 1 is 0.682 bits per heavy atom. The molecule has 0 saturated carbocycles. The Morgan fingerprint density at radius 3 is 1.61 bits per heavy atom. The molecule has 0 spiro atoms. The number of rotatable bonds is 15. The van der Waals surface area contributed by atoms with Gasteiger partial charge in [0.25, 0.3) is 0 Å². The number of nitrogen functional groups attached to an aromatic ring is 1. The minimum atomic E-state index is -0.478.